The predicted octanol–water partition coefficient (Wildman–Crippen LogP) is 3.22. The number of hydrazine groups is 1. The maximum Gasteiger partial charge on any atom is 0.279 e. The van der Waals surface area contributed by atoms with Gasteiger partial charge in [0.1, 0.15) is 5.75 Å². The van der Waals surface area contributed by atoms with Crippen LogP contribution >= 0.6 is 0 Å². The Bertz CT molecular complexity index is 1230. The molecule has 0 fully saturated rings. The molecule has 0 unspecified atom stereocenters. The zero-order valence-electron chi connectivity index (χ0n) is 17.8. The van der Waals surface area contributed by atoms with Crippen LogP contribution in [0.5, 0.6) is 5.75 Å². The van der Waals surface area contributed by atoms with Crippen LogP contribution in [0.15, 0.2) is 66.7 Å². The quantitative estimate of drug-likeness (QED) is 0.452. The van der Waals surface area contributed by atoms with Crippen LogP contribution in [0.25, 0.3) is 10.8 Å². The lowest BCUT2D eigenvalue weighted by atomic mass is 10.1. The second-order valence-corrected chi connectivity index (χ2v) is 9.06. The van der Waals surface area contributed by atoms with E-state index in [0.717, 1.165) is 10.8 Å². The molecule has 1 atom stereocenters. The van der Waals surface area contributed by atoms with E-state index < -0.39 is 27.9 Å². The number of hydrogen-bond donors (Lipinski definition) is 3. The lowest BCUT2D eigenvalue weighted by Gasteiger charge is -2.16. The molecule has 0 heterocycles. The molecule has 8 nitrogen and oxygen atoms in total. The van der Waals surface area contributed by atoms with Crippen LogP contribution in [0.3, 0.4) is 0 Å². The maximum atomic E-state index is 12.4. The Kier molecular flexibility index (Phi) is 7.32. The summed E-state index contributed by atoms with van der Waals surface area (Å²) >= 11 is 0. The van der Waals surface area contributed by atoms with E-state index in [9.17, 15) is 18.0 Å². The Morgan fingerprint density at radius 2 is 1.69 bits per heavy atom. The normalized spacial score (nSPS) is 12.1. The molecule has 2 amide bonds. The van der Waals surface area contributed by atoms with Crippen molar-refractivity contribution < 1.29 is 22.7 Å². The smallest absolute Gasteiger partial charge is 0.279 e. The molecule has 0 aliphatic rings. The zero-order valence-corrected chi connectivity index (χ0v) is 18.6. The minimum absolute atomic E-state index is 0.0193. The zero-order chi connectivity index (χ0) is 23.1. The number of ether oxygens (including phenoxy) is 1. The molecule has 9 heteroatoms. The van der Waals surface area contributed by atoms with E-state index in [1.807, 2.05) is 36.4 Å². The van der Waals surface area contributed by atoms with Crippen LogP contribution in [0.4, 0.5) is 5.69 Å². The lowest BCUT2D eigenvalue weighted by Crippen LogP contribution is -2.47. The molecule has 0 aliphatic heterocycles. The van der Waals surface area contributed by atoms with E-state index in [1.165, 1.54) is 12.1 Å². The second kappa shape index (κ2) is 10.1. The van der Waals surface area contributed by atoms with Gasteiger partial charge in [-0.1, -0.05) is 43.3 Å². The van der Waals surface area contributed by atoms with Crippen LogP contribution in [-0.4, -0.2) is 32.1 Å². The standard InChI is InChI=1S/C23H25N3O5S/c1-3-13-32(29,30)26-20-10-6-9-19(14-20)23(28)25-24-22(27)16(2)31-21-12-11-17-7-4-5-8-18(17)15-21/h4-12,14-16,26H,3,13H2,1-2H3,(H,24,27)(H,25,28)/t16-/m0/s1. The summed E-state index contributed by atoms with van der Waals surface area (Å²) in [6, 6.07) is 19.3. The first-order valence-corrected chi connectivity index (χ1v) is 11.8. The summed E-state index contributed by atoms with van der Waals surface area (Å²) in [5.74, 6) is -0.613. The highest BCUT2D eigenvalue weighted by Gasteiger charge is 2.17. The average molecular weight is 456 g/mol. The maximum absolute atomic E-state index is 12.4. The van der Waals surface area contributed by atoms with Crippen molar-refractivity contribution >= 4 is 38.3 Å². The van der Waals surface area contributed by atoms with Crippen molar-refractivity contribution in [3.63, 3.8) is 0 Å². The Labute approximate surface area is 187 Å². The average Bonchev–Trinajstić information content (AvgIpc) is 2.76. The van der Waals surface area contributed by atoms with Gasteiger partial charge in [-0.05, 0) is 54.4 Å². The van der Waals surface area contributed by atoms with Crippen molar-refractivity contribution in [3.8, 4) is 5.75 Å². The van der Waals surface area contributed by atoms with Crippen molar-refractivity contribution in [2.45, 2.75) is 26.4 Å². The largest absolute Gasteiger partial charge is 0.481 e. The first kappa shape index (κ1) is 23.1. The monoisotopic (exact) mass is 455 g/mol. The van der Waals surface area contributed by atoms with Gasteiger partial charge in [0.05, 0.1) is 5.75 Å². The summed E-state index contributed by atoms with van der Waals surface area (Å²) in [6.45, 7) is 3.33. The summed E-state index contributed by atoms with van der Waals surface area (Å²) in [7, 11) is -3.48. The van der Waals surface area contributed by atoms with Crippen molar-refractivity contribution in [3.05, 3.63) is 72.3 Å². The fourth-order valence-corrected chi connectivity index (χ4v) is 4.14. The van der Waals surface area contributed by atoms with Crippen molar-refractivity contribution in [1.29, 1.82) is 0 Å². The van der Waals surface area contributed by atoms with Crippen molar-refractivity contribution in [2.24, 2.45) is 0 Å². The highest BCUT2D eigenvalue weighted by Crippen LogP contribution is 2.21. The third-order valence-electron chi connectivity index (χ3n) is 4.57. The van der Waals surface area contributed by atoms with Gasteiger partial charge in [-0.15, -0.1) is 0 Å². The van der Waals surface area contributed by atoms with Gasteiger partial charge < -0.3 is 4.74 Å². The molecule has 3 aromatic carbocycles. The second-order valence-electron chi connectivity index (χ2n) is 7.21. The number of amides is 2. The summed E-state index contributed by atoms with van der Waals surface area (Å²) in [4.78, 5) is 24.7. The highest BCUT2D eigenvalue weighted by atomic mass is 32.2. The number of nitrogens with one attached hydrogen (secondary N) is 3. The molecule has 3 rings (SSSR count). The molecular formula is C23H25N3O5S. The molecule has 0 aromatic heterocycles. The third kappa shape index (κ3) is 6.21. The van der Waals surface area contributed by atoms with E-state index in [4.69, 9.17) is 4.74 Å². The highest BCUT2D eigenvalue weighted by molar-refractivity contribution is 7.92. The van der Waals surface area contributed by atoms with Gasteiger partial charge in [0.25, 0.3) is 11.8 Å². The van der Waals surface area contributed by atoms with Crippen molar-refractivity contribution in [1.82, 2.24) is 10.9 Å². The Hall–Kier alpha value is -3.59. The fourth-order valence-electron chi connectivity index (χ4n) is 3.01. The molecular weight excluding hydrogens is 430 g/mol. The fraction of sp³-hybridized carbons (Fsp3) is 0.217. The molecule has 0 saturated heterocycles. The van der Waals surface area contributed by atoms with Gasteiger partial charge in [-0.25, -0.2) is 8.42 Å². The number of carbonyl (C=O) groups excluding carboxylic acids is 2. The first-order valence-electron chi connectivity index (χ1n) is 10.1. The van der Waals surface area contributed by atoms with Gasteiger partial charge in [0.2, 0.25) is 10.0 Å². The Balaban J connectivity index is 1.56. The molecule has 0 radical (unpaired) electrons. The summed E-state index contributed by atoms with van der Waals surface area (Å²) in [5.41, 5.74) is 5.09. The predicted molar refractivity (Wildman–Crippen MR) is 124 cm³/mol. The summed E-state index contributed by atoms with van der Waals surface area (Å²) in [6.07, 6.45) is -0.385. The number of fused-ring (bicyclic) bond motifs is 1. The van der Waals surface area contributed by atoms with E-state index >= 15 is 0 Å². The van der Waals surface area contributed by atoms with Gasteiger partial charge >= 0.3 is 0 Å². The minimum Gasteiger partial charge on any atom is -0.481 e. The van der Waals surface area contributed by atoms with Crippen LogP contribution in [-0.2, 0) is 14.8 Å². The molecule has 0 aliphatic carbocycles. The Morgan fingerprint density at radius 3 is 2.44 bits per heavy atom. The summed E-state index contributed by atoms with van der Waals surface area (Å²) < 4.78 is 31.9. The van der Waals surface area contributed by atoms with Crippen LogP contribution in [0.1, 0.15) is 30.6 Å². The van der Waals surface area contributed by atoms with Gasteiger partial charge in [-0.3, -0.25) is 25.2 Å². The van der Waals surface area contributed by atoms with E-state index in [-0.39, 0.29) is 17.0 Å². The molecule has 3 aromatic rings. The number of rotatable bonds is 8. The number of sulfonamides is 1. The summed E-state index contributed by atoms with van der Waals surface area (Å²) in [5, 5.41) is 2.05. The van der Waals surface area contributed by atoms with Gasteiger partial charge in [0.15, 0.2) is 6.10 Å². The van der Waals surface area contributed by atoms with E-state index in [2.05, 4.69) is 15.6 Å². The van der Waals surface area contributed by atoms with E-state index in [0.29, 0.717) is 12.2 Å². The third-order valence-corrected chi connectivity index (χ3v) is 6.07. The molecule has 168 valence electrons. The number of anilines is 1. The van der Waals surface area contributed by atoms with Gasteiger partial charge in [-0.2, -0.15) is 0 Å². The van der Waals surface area contributed by atoms with Gasteiger partial charge in [0, 0.05) is 11.3 Å². The number of hydrogen-bond acceptors (Lipinski definition) is 5. The molecule has 3 N–H and O–H groups in total. The number of carbonyl (C=O) groups is 2. The number of benzene rings is 3. The lowest BCUT2D eigenvalue weighted by molar-refractivity contribution is -0.128. The SMILES string of the molecule is CCCS(=O)(=O)Nc1cccc(C(=O)NNC(=O)[C@H](C)Oc2ccc3ccccc3c2)c1. The van der Waals surface area contributed by atoms with Crippen LogP contribution in [0.2, 0.25) is 0 Å². The topological polar surface area (TPSA) is 114 Å². The Morgan fingerprint density at radius 1 is 0.938 bits per heavy atom. The van der Waals surface area contributed by atoms with E-state index in [1.54, 1.807) is 32.0 Å². The molecule has 0 spiro atoms. The van der Waals surface area contributed by atoms with Crippen LogP contribution in [0, 0.1) is 0 Å². The van der Waals surface area contributed by atoms with Crippen LogP contribution < -0.4 is 20.3 Å². The first-order chi connectivity index (χ1) is 15.3. The molecule has 0 saturated carbocycles. The minimum atomic E-state index is -3.48. The van der Waals surface area contributed by atoms with Crippen molar-refractivity contribution in [2.75, 3.05) is 10.5 Å². The molecule has 0 bridgehead atoms. The molecule has 32 heavy (non-hydrogen) atoms.